The van der Waals surface area contributed by atoms with Crippen LogP contribution in [-0.2, 0) is 6.42 Å². The Morgan fingerprint density at radius 1 is 1.73 bits per heavy atom. The van der Waals surface area contributed by atoms with Gasteiger partial charge in [-0.1, -0.05) is 18.3 Å². The first-order chi connectivity index (χ1) is 5.33. The van der Waals surface area contributed by atoms with E-state index in [0.29, 0.717) is 0 Å². The first-order valence-electron chi connectivity index (χ1n) is 3.71. The summed E-state index contributed by atoms with van der Waals surface area (Å²) in [5.74, 6) is 0. The van der Waals surface area contributed by atoms with Crippen LogP contribution in [-0.4, -0.2) is 18.1 Å². The lowest BCUT2D eigenvalue weighted by molar-refractivity contribution is 0.720. The van der Waals surface area contributed by atoms with Crippen molar-refractivity contribution >= 4 is 11.3 Å². The van der Waals surface area contributed by atoms with Crippen LogP contribution < -0.4 is 10.2 Å². The molecule has 0 aliphatic heterocycles. The Hall–Kier alpha value is -0.610. The molecule has 1 heterocycles. The molecule has 0 saturated heterocycles. The van der Waals surface area contributed by atoms with Gasteiger partial charge in [-0.25, -0.2) is 0 Å². The van der Waals surface area contributed by atoms with Gasteiger partial charge in [-0.3, -0.25) is 4.79 Å². The molecule has 0 aromatic carbocycles. The molecule has 4 heteroatoms. The molecule has 0 amide bonds. The summed E-state index contributed by atoms with van der Waals surface area (Å²) in [6.45, 7) is 4.00. The fraction of sp³-hybridized carbons (Fsp3) is 0.571. The third-order valence-electron chi connectivity index (χ3n) is 1.37. The van der Waals surface area contributed by atoms with Crippen molar-refractivity contribution in [3.63, 3.8) is 0 Å². The van der Waals surface area contributed by atoms with Crippen LogP contribution in [0.1, 0.15) is 11.8 Å². The molecule has 62 valence electrons. The summed E-state index contributed by atoms with van der Waals surface area (Å²) in [4.78, 5) is 14.5. The molecular weight excluding hydrogens is 160 g/mol. The van der Waals surface area contributed by atoms with Gasteiger partial charge in [0.25, 0.3) is 0 Å². The van der Waals surface area contributed by atoms with Gasteiger partial charge in [0.15, 0.2) is 0 Å². The fourth-order valence-electron chi connectivity index (χ4n) is 0.829. The third-order valence-corrected chi connectivity index (χ3v) is 2.26. The Balaban J connectivity index is 2.33. The average Bonchev–Trinajstić information content (AvgIpc) is 2.37. The van der Waals surface area contributed by atoms with Crippen LogP contribution in [0.5, 0.6) is 0 Å². The number of hydrogen-bond donors (Lipinski definition) is 2. The van der Waals surface area contributed by atoms with E-state index in [-0.39, 0.29) is 4.87 Å². The molecule has 0 spiro atoms. The maximum absolute atomic E-state index is 10.7. The van der Waals surface area contributed by atoms with Crippen molar-refractivity contribution in [2.45, 2.75) is 13.3 Å². The maximum Gasteiger partial charge on any atom is 0.304 e. The summed E-state index contributed by atoms with van der Waals surface area (Å²) in [6, 6.07) is 0. The highest BCUT2D eigenvalue weighted by Crippen LogP contribution is 1.99. The fourth-order valence-corrected chi connectivity index (χ4v) is 1.51. The van der Waals surface area contributed by atoms with Gasteiger partial charge in [0, 0.05) is 17.6 Å². The number of H-pyrrole nitrogens is 1. The van der Waals surface area contributed by atoms with Crippen LogP contribution in [0, 0.1) is 0 Å². The smallest absolute Gasteiger partial charge is 0.304 e. The summed E-state index contributed by atoms with van der Waals surface area (Å²) in [7, 11) is 0. The van der Waals surface area contributed by atoms with Crippen LogP contribution in [0.15, 0.2) is 11.0 Å². The molecular formula is C7H12N2OS. The summed E-state index contributed by atoms with van der Waals surface area (Å²) < 4.78 is 0. The van der Waals surface area contributed by atoms with E-state index < -0.39 is 0 Å². The van der Waals surface area contributed by atoms with Gasteiger partial charge in [-0.15, -0.1) is 0 Å². The average molecular weight is 172 g/mol. The van der Waals surface area contributed by atoms with Crippen LogP contribution in [0.4, 0.5) is 0 Å². The van der Waals surface area contributed by atoms with Gasteiger partial charge in [0.2, 0.25) is 0 Å². The highest BCUT2D eigenvalue weighted by atomic mass is 32.1. The zero-order chi connectivity index (χ0) is 8.10. The summed E-state index contributed by atoms with van der Waals surface area (Å²) in [6.07, 6.45) is 2.72. The molecule has 0 saturated carbocycles. The van der Waals surface area contributed by atoms with E-state index in [1.807, 2.05) is 0 Å². The highest BCUT2D eigenvalue weighted by Gasteiger charge is 1.94. The van der Waals surface area contributed by atoms with E-state index in [0.717, 1.165) is 24.4 Å². The van der Waals surface area contributed by atoms with Crippen LogP contribution in [0.25, 0.3) is 0 Å². The summed E-state index contributed by atoms with van der Waals surface area (Å²) >= 11 is 1.29. The predicted molar refractivity (Wildman–Crippen MR) is 47.2 cm³/mol. The largest absolute Gasteiger partial charge is 0.319 e. The minimum Gasteiger partial charge on any atom is -0.319 e. The number of aromatic nitrogens is 1. The number of likely N-dealkylation sites (N-methyl/N-ethyl adjacent to an activating group) is 1. The molecule has 1 rings (SSSR count). The number of aromatic amines is 1. The van der Waals surface area contributed by atoms with Gasteiger partial charge >= 0.3 is 4.87 Å². The number of thiazole rings is 1. The van der Waals surface area contributed by atoms with Gasteiger partial charge in [0.05, 0.1) is 0 Å². The second-order valence-electron chi connectivity index (χ2n) is 2.25. The van der Waals surface area contributed by atoms with Crippen LogP contribution in [0.3, 0.4) is 0 Å². The molecule has 0 fully saturated rings. The zero-order valence-electron chi connectivity index (χ0n) is 6.52. The molecule has 0 aliphatic rings. The highest BCUT2D eigenvalue weighted by molar-refractivity contribution is 7.09. The lowest BCUT2D eigenvalue weighted by Crippen LogP contribution is -2.15. The Kier molecular flexibility index (Phi) is 3.32. The summed E-state index contributed by atoms with van der Waals surface area (Å²) in [5.41, 5.74) is 0. The Morgan fingerprint density at radius 3 is 3.09 bits per heavy atom. The van der Waals surface area contributed by atoms with Crippen molar-refractivity contribution < 1.29 is 0 Å². The Labute approximate surface area is 69.5 Å². The summed E-state index contributed by atoms with van der Waals surface area (Å²) in [5, 5.41) is 3.20. The van der Waals surface area contributed by atoms with E-state index >= 15 is 0 Å². The minimum atomic E-state index is 0.0384. The Morgan fingerprint density at radius 2 is 2.55 bits per heavy atom. The molecule has 3 nitrogen and oxygen atoms in total. The maximum atomic E-state index is 10.7. The van der Waals surface area contributed by atoms with Crippen molar-refractivity contribution in [2.75, 3.05) is 13.1 Å². The van der Waals surface area contributed by atoms with Crippen molar-refractivity contribution in [3.05, 3.63) is 20.7 Å². The van der Waals surface area contributed by atoms with Gasteiger partial charge in [0.1, 0.15) is 0 Å². The second kappa shape index (κ2) is 4.31. The lowest BCUT2D eigenvalue weighted by atomic mass is 10.4. The molecule has 1 aromatic heterocycles. The second-order valence-corrected chi connectivity index (χ2v) is 3.35. The molecule has 0 bridgehead atoms. The van der Waals surface area contributed by atoms with Gasteiger partial charge in [-0.05, 0) is 13.0 Å². The zero-order valence-corrected chi connectivity index (χ0v) is 7.33. The van der Waals surface area contributed by atoms with Crippen molar-refractivity contribution in [3.8, 4) is 0 Å². The van der Waals surface area contributed by atoms with E-state index in [2.05, 4.69) is 17.2 Å². The third kappa shape index (κ3) is 2.86. The van der Waals surface area contributed by atoms with E-state index in [1.165, 1.54) is 11.3 Å². The van der Waals surface area contributed by atoms with E-state index in [4.69, 9.17) is 0 Å². The first kappa shape index (κ1) is 8.49. The first-order valence-corrected chi connectivity index (χ1v) is 4.52. The topological polar surface area (TPSA) is 44.9 Å². The predicted octanol–water partition coefficient (Wildman–Crippen LogP) is 0.588. The number of nitrogens with one attached hydrogen (secondary N) is 2. The lowest BCUT2D eigenvalue weighted by Gasteiger charge is -1.96. The number of rotatable bonds is 4. The van der Waals surface area contributed by atoms with Crippen LogP contribution >= 0.6 is 11.3 Å². The standard InChI is InChI=1S/C7H12N2OS/c1-2-8-4-3-6-5-9-7(10)11-6/h5,8H,2-4H2,1H3,(H,9,10). The van der Waals surface area contributed by atoms with Crippen LogP contribution in [0.2, 0.25) is 0 Å². The molecule has 0 unspecified atom stereocenters. The van der Waals surface area contributed by atoms with Crippen molar-refractivity contribution in [2.24, 2.45) is 0 Å². The molecule has 11 heavy (non-hydrogen) atoms. The van der Waals surface area contributed by atoms with Crippen molar-refractivity contribution in [1.29, 1.82) is 0 Å². The molecule has 0 aliphatic carbocycles. The molecule has 1 aromatic rings. The van der Waals surface area contributed by atoms with Gasteiger partial charge < -0.3 is 10.3 Å². The van der Waals surface area contributed by atoms with E-state index in [9.17, 15) is 4.79 Å². The molecule has 0 radical (unpaired) electrons. The minimum absolute atomic E-state index is 0.0384. The SMILES string of the molecule is CCNCCc1c[nH]c(=O)s1. The van der Waals surface area contributed by atoms with E-state index in [1.54, 1.807) is 6.20 Å². The van der Waals surface area contributed by atoms with Gasteiger partial charge in [-0.2, -0.15) is 0 Å². The molecule has 0 atom stereocenters. The normalized spacial score (nSPS) is 10.3. The number of hydrogen-bond acceptors (Lipinski definition) is 3. The molecule has 2 N–H and O–H groups in total. The Bertz CT molecular complexity index is 253. The monoisotopic (exact) mass is 172 g/mol. The van der Waals surface area contributed by atoms with Crippen molar-refractivity contribution in [1.82, 2.24) is 10.3 Å². The quantitative estimate of drug-likeness (QED) is 0.653.